The minimum atomic E-state index is -0.585. The molecule has 0 aliphatic carbocycles. The van der Waals surface area contributed by atoms with Crippen molar-refractivity contribution in [3.05, 3.63) is 53.6 Å². The summed E-state index contributed by atoms with van der Waals surface area (Å²) in [6.07, 6.45) is 0.404. The van der Waals surface area contributed by atoms with Crippen molar-refractivity contribution in [2.45, 2.75) is 18.6 Å². The number of likely N-dealkylation sites (tertiary alicyclic amines) is 1. The summed E-state index contributed by atoms with van der Waals surface area (Å²) in [5.74, 6) is 1.31. The summed E-state index contributed by atoms with van der Waals surface area (Å²) >= 11 is 6.13. The van der Waals surface area contributed by atoms with Gasteiger partial charge in [0, 0.05) is 19.6 Å². The Labute approximate surface area is 152 Å². The molecule has 2 atom stereocenters. The smallest absolute Gasteiger partial charge is 0.142 e. The number of anilines is 1. The van der Waals surface area contributed by atoms with Gasteiger partial charge in [0.05, 0.1) is 10.7 Å². The molecule has 1 aliphatic rings. The SMILES string of the molecule is Nc1ccccc1OCC(O)CN1CCC(Oc2ccccc2Cl)C1. The molecule has 25 heavy (non-hydrogen) atoms. The van der Waals surface area contributed by atoms with E-state index < -0.39 is 6.10 Å². The van der Waals surface area contributed by atoms with Crippen molar-refractivity contribution in [1.82, 2.24) is 4.90 Å². The number of aliphatic hydroxyl groups is 1. The van der Waals surface area contributed by atoms with Crippen LogP contribution in [0.15, 0.2) is 48.5 Å². The second-order valence-electron chi connectivity index (χ2n) is 6.22. The zero-order chi connectivity index (χ0) is 17.6. The van der Waals surface area contributed by atoms with Gasteiger partial charge in [-0.25, -0.2) is 0 Å². The Kier molecular flexibility index (Phi) is 6.02. The summed E-state index contributed by atoms with van der Waals surface area (Å²) in [5.41, 5.74) is 6.40. The summed E-state index contributed by atoms with van der Waals surface area (Å²) in [5, 5.41) is 10.8. The molecule has 5 nitrogen and oxygen atoms in total. The summed E-state index contributed by atoms with van der Waals surface area (Å²) in [7, 11) is 0. The van der Waals surface area contributed by atoms with Crippen LogP contribution >= 0.6 is 11.6 Å². The number of hydrogen-bond donors (Lipinski definition) is 2. The zero-order valence-corrected chi connectivity index (χ0v) is 14.7. The van der Waals surface area contributed by atoms with E-state index >= 15 is 0 Å². The highest BCUT2D eigenvalue weighted by Crippen LogP contribution is 2.26. The molecule has 0 aromatic heterocycles. The molecular weight excluding hydrogens is 340 g/mol. The van der Waals surface area contributed by atoms with Crippen LogP contribution in [0.4, 0.5) is 5.69 Å². The van der Waals surface area contributed by atoms with Crippen LogP contribution in [0.3, 0.4) is 0 Å². The Morgan fingerprint density at radius 2 is 1.88 bits per heavy atom. The quantitative estimate of drug-likeness (QED) is 0.741. The number of ether oxygens (including phenoxy) is 2. The third-order valence-electron chi connectivity index (χ3n) is 4.18. The molecule has 3 N–H and O–H groups in total. The Morgan fingerprint density at radius 1 is 1.16 bits per heavy atom. The van der Waals surface area contributed by atoms with Crippen LogP contribution in [0, 0.1) is 0 Å². The minimum absolute atomic E-state index is 0.0813. The largest absolute Gasteiger partial charge is 0.489 e. The van der Waals surface area contributed by atoms with Gasteiger partial charge in [0.25, 0.3) is 0 Å². The molecule has 134 valence electrons. The first kappa shape index (κ1) is 17.9. The van der Waals surface area contributed by atoms with E-state index in [1.165, 1.54) is 0 Å². The third-order valence-corrected chi connectivity index (χ3v) is 4.49. The van der Waals surface area contributed by atoms with Gasteiger partial charge in [0.15, 0.2) is 0 Å². The molecule has 6 heteroatoms. The summed E-state index contributed by atoms with van der Waals surface area (Å²) in [6, 6.07) is 14.8. The predicted molar refractivity (Wildman–Crippen MR) is 99.3 cm³/mol. The number of nitrogen functional groups attached to an aromatic ring is 1. The van der Waals surface area contributed by atoms with E-state index in [1.54, 1.807) is 12.1 Å². The van der Waals surface area contributed by atoms with Gasteiger partial charge in [-0.15, -0.1) is 0 Å². The van der Waals surface area contributed by atoms with Crippen molar-refractivity contribution in [2.75, 3.05) is 32.0 Å². The second-order valence-corrected chi connectivity index (χ2v) is 6.63. The third kappa shape index (κ3) is 5.01. The van der Waals surface area contributed by atoms with Gasteiger partial charge in [-0.2, -0.15) is 0 Å². The van der Waals surface area contributed by atoms with Crippen molar-refractivity contribution < 1.29 is 14.6 Å². The van der Waals surface area contributed by atoms with Crippen molar-refractivity contribution in [2.24, 2.45) is 0 Å². The Hall–Kier alpha value is -1.95. The molecule has 1 aliphatic heterocycles. The molecule has 2 unspecified atom stereocenters. The highest BCUT2D eigenvalue weighted by molar-refractivity contribution is 6.32. The number of aliphatic hydroxyl groups excluding tert-OH is 1. The molecule has 1 fully saturated rings. The molecule has 0 spiro atoms. The van der Waals surface area contributed by atoms with Gasteiger partial charge in [-0.3, -0.25) is 4.90 Å². The van der Waals surface area contributed by atoms with Gasteiger partial charge in [0.1, 0.15) is 30.3 Å². The molecule has 0 amide bonds. The van der Waals surface area contributed by atoms with Crippen LogP contribution < -0.4 is 15.2 Å². The lowest BCUT2D eigenvalue weighted by atomic mass is 10.3. The van der Waals surface area contributed by atoms with Crippen molar-refractivity contribution in [1.29, 1.82) is 0 Å². The monoisotopic (exact) mass is 362 g/mol. The fourth-order valence-electron chi connectivity index (χ4n) is 2.93. The Balaban J connectivity index is 1.43. The molecule has 3 rings (SSSR count). The molecule has 0 saturated carbocycles. The average Bonchev–Trinajstić information content (AvgIpc) is 3.03. The van der Waals surface area contributed by atoms with Crippen LogP contribution in [0.5, 0.6) is 11.5 Å². The molecule has 1 saturated heterocycles. The van der Waals surface area contributed by atoms with Crippen LogP contribution in [0.2, 0.25) is 5.02 Å². The van der Waals surface area contributed by atoms with E-state index in [1.807, 2.05) is 36.4 Å². The summed E-state index contributed by atoms with van der Waals surface area (Å²) < 4.78 is 11.6. The second kappa shape index (κ2) is 8.43. The lowest BCUT2D eigenvalue weighted by molar-refractivity contribution is 0.0723. The first-order valence-electron chi connectivity index (χ1n) is 8.40. The lowest BCUT2D eigenvalue weighted by Crippen LogP contribution is -2.35. The maximum Gasteiger partial charge on any atom is 0.142 e. The minimum Gasteiger partial charge on any atom is -0.489 e. The van der Waals surface area contributed by atoms with Crippen LogP contribution in [-0.2, 0) is 0 Å². The number of hydrogen-bond acceptors (Lipinski definition) is 5. The zero-order valence-electron chi connectivity index (χ0n) is 14.0. The number of para-hydroxylation sites is 3. The summed E-state index contributed by atoms with van der Waals surface area (Å²) in [4.78, 5) is 2.17. The summed E-state index contributed by atoms with van der Waals surface area (Å²) in [6.45, 7) is 2.38. The first-order valence-corrected chi connectivity index (χ1v) is 8.78. The van der Waals surface area contributed by atoms with E-state index in [0.717, 1.165) is 19.5 Å². The van der Waals surface area contributed by atoms with E-state index in [9.17, 15) is 5.11 Å². The highest BCUT2D eigenvalue weighted by atomic mass is 35.5. The van der Waals surface area contributed by atoms with E-state index in [2.05, 4.69) is 4.90 Å². The highest BCUT2D eigenvalue weighted by Gasteiger charge is 2.26. The number of nitrogens with two attached hydrogens (primary N) is 1. The van der Waals surface area contributed by atoms with Crippen LogP contribution in [0.1, 0.15) is 6.42 Å². The topological polar surface area (TPSA) is 68.0 Å². The fraction of sp³-hybridized carbons (Fsp3) is 0.368. The standard InChI is InChI=1S/C19H23ClN2O3/c20-16-5-1-3-7-18(16)25-15-9-10-22(12-15)11-14(23)13-24-19-8-4-2-6-17(19)21/h1-8,14-15,23H,9-13,21H2. The molecule has 0 bridgehead atoms. The first-order chi connectivity index (χ1) is 12.1. The van der Waals surface area contributed by atoms with Crippen LogP contribution in [0.25, 0.3) is 0 Å². The number of rotatable bonds is 7. The maximum absolute atomic E-state index is 10.2. The predicted octanol–water partition coefficient (Wildman–Crippen LogP) is 2.82. The number of nitrogens with zero attached hydrogens (tertiary/aromatic N) is 1. The van der Waals surface area contributed by atoms with Gasteiger partial charge in [0.2, 0.25) is 0 Å². The number of β-amino-alcohol motifs (C(OH)–C–C–N with tert-alkyl or cyclic N) is 1. The molecule has 2 aromatic carbocycles. The Bertz CT molecular complexity index is 698. The van der Waals surface area contributed by atoms with E-state index in [4.69, 9.17) is 26.8 Å². The molecule has 0 radical (unpaired) electrons. The van der Waals surface area contributed by atoms with E-state index in [0.29, 0.717) is 28.8 Å². The fourth-order valence-corrected chi connectivity index (χ4v) is 3.11. The molecule has 1 heterocycles. The number of benzene rings is 2. The maximum atomic E-state index is 10.2. The molecular formula is C19H23ClN2O3. The van der Waals surface area contributed by atoms with Crippen LogP contribution in [-0.4, -0.2) is 48.5 Å². The Morgan fingerprint density at radius 3 is 2.64 bits per heavy atom. The van der Waals surface area contributed by atoms with Gasteiger partial charge < -0.3 is 20.3 Å². The molecule has 2 aromatic rings. The van der Waals surface area contributed by atoms with Gasteiger partial charge >= 0.3 is 0 Å². The average molecular weight is 363 g/mol. The van der Waals surface area contributed by atoms with Crippen molar-refractivity contribution in [3.63, 3.8) is 0 Å². The van der Waals surface area contributed by atoms with E-state index in [-0.39, 0.29) is 12.7 Å². The van der Waals surface area contributed by atoms with Crippen molar-refractivity contribution in [3.8, 4) is 11.5 Å². The van der Waals surface area contributed by atoms with Gasteiger partial charge in [-0.1, -0.05) is 35.9 Å². The number of halogens is 1. The normalized spacial score (nSPS) is 18.9. The lowest BCUT2D eigenvalue weighted by Gasteiger charge is -2.21. The van der Waals surface area contributed by atoms with Crippen molar-refractivity contribution >= 4 is 17.3 Å². The van der Waals surface area contributed by atoms with Gasteiger partial charge in [-0.05, 0) is 30.7 Å².